The zero-order chi connectivity index (χ0) is 23.8. The monoisotopic (exact) mass is 470 g/mol. The van der Waals surface area contributed by atoms with Gasteiger partial charge in [0.2, 0.25) is 0 Å². The molecule has 6 heteroatoms. The first kappa shape index (κ1) is 24.1. The van der Waals surface area contributed by atoms with Crippen molar-refractivity contribution in [2.45, 2.75) is 64.1 Å². The van der Waals surface area contributed by atoms with E-state index in [4.69, 9.17) is 16.3 Å². The second-order valence-corrected chi connectivity index (χ2v) is 10.4. The van der Waals surface area contributed by atoms with Crippen LogP contribution in [-0.2, 0) is 21.6 Å². The topological polar surface area (TPSA) is 61.8 Å². The Morgan fingerprint density at radius 1 is 1.21 bits per heavy atom. The molecule has 1 atom stereocenters. The second-order valence-electron chi connectivity index (χ2n) is 9.97. The van der Waals surface area contributed by atoms with E-state index in [0.717, 1.165) is 37.2 Å². The second kappa shape index (κ2) is 9.28. The molecule has 178 valence electrons. The maximum atomic E-state index is 13.1. The third kappa shape index (κ3) is 4.27. The van der Waals surface area contributed by atoms with Crippen molar-refractivity contribution < 1.29 is 14.6 Å². The fourth-order valence-electron chi connectivity index (χ4n) is 5.76. The number of hydrogen-bond donors (Lipinski definition) is 2. The van der Waals surface area contributed by atoms with E-state index >= 15 is 0 Å². The normalized spacial score (nSPS) is 25.6. The predicted octanol–water partition coefficient (Wildman–Crippen LogP) is 5.19. The van der Waals surface area contributed by atoms with Crippen LogP contribution in [0.15, 0.2) is 36.4 Å². The molecule has 2 aliphatic rings. The molecule has 0 unspecified atom stereocenters. The van der Waals surface area contributed by atoms with Gasteiger partial charge in [0, 0.05) is 35.9 Å². The summed E-state index contributed by atoms with van der Waals surface area (Å²) in [6.07, 6.45) is 2.98. The molecule has 1 aliphatic heterocycles. The lowest BCUT2D eigenvalue weighted by molar-refractivity contribution is -0.148. The molecule has 0 saturated heterocycles. The molecule has 1 fully saturated rings. The van der Waals surface area contributed by atoms with Gasteiger partial charge in [-0.25, -0.2) is 4.79 Å². The van der Waals surface area contributed by atoms with Gasteiger partial charge < -0.3 is 15.2 Å². The van der Waals surface area contributed by atoms with Gasteiger partial charge in [-0.15, -0.1) is 0 Å². The van der Waals surface area contributed by atoms with Gasteiger partial charge in [0.1, 0.15) is 5.54 Å². The zero-order valence-corrected chi connectivity index (χ0v) is 20.8. The Bertz CT molecular complexity index is 1030. The molecule has 1 saturated carbocycles. The van der Waals surface area contributed by atoms with Crippen LogP contribution in [0.1, 0.15) is 54.9 Å². The Labute approximate surface area is 202 Å². The molecular formula is C27H35ClN2O3. The number of aliphatic hydroxyl groups excluding tert-OH is 1. The molecule has 0 amide bonds. The van der Waals surface area contributed by atoms with Gasteiger partial charge in [-0.05, 0) is 74.3 Å². The number of halogens is 1. The van der Waals surface area contributed by atoms with Crippen LogP contribution < -0.4 is 5.32 Å². The fraction of sp³-hybridized carbons (Fsp3) is 0.519. The maximum Gasteiger partial charge on any atom is 0.331 e. The van der Waals surface area contributed by atoms with E-state index in [9.17, 15) is 9.90 Å². The Morgan fingerprint density at radius 2 is 1.94 bits per heavy atom. The SMILES string of the molecule is COC(=O)C1(Nc2cccc(Cl)c2C)CCC2(CC1)c1ccc(C)cc1CN2C[C@@H](C)CO. The minimum Gasteiger partial charge on any atom is -0.467 e. The molecule has 33 heavy (non-hydrogen) atoms. The summed E-state index contributed by atoms with van der Waals surface area (Å²) in [6, 6.07) is 12.5. The van der Waals surface area contributed by atoms with E-state index in [2.05, 4.69) is 42.3 Å². The first-order valence-corrected chi connectivity index (χ1v) is 12.2. The Balaban J connectivity index is 1.68. The standard InChI is InChI=1S/C27H35ClN2O3/c1-18-8-9-22-21(14-18)16-30(15-19(2)17-31)27(22)12-10-26(11-13-27,25(32)33-4)29-24-7-5-6-23(28)20(24)3/h5-9,14,19,29,31H,10-13,15-17H2,1-4H3/t19-,26?,27?/m1/s1. The van der Waals surface area contributed by atoms with E-state index in [1.165, 1.54) is 23.8 Å². The van der Waals surface area contributed by atoms with Crippen LogP contribution in [0.4, 0.5) is 5.69 Å². The average molecular weight is 471 g/mol. The lowest BCUT2D eigenvalue weighted by Crippen LogP contribution is -2.56. The molecule has 2 N–H and O–H groups in total. The van der Waals surface area contributed by atoms with Crippen molar-refractivity contribution >= 4 is 23.3 Å². The van der Waals surface area contributed by atoms with Crippen LogP contribution in [0.3, 0.4) is 0 Å². The minimum atomic E-state index is -0.794. The van der Waals surface area contributed by atoms with Crippen molar-refractivity contribution in [3.8, 4) is 0 Å². The Hall–Kier alpha value is -2.08. The van der Waals surface area contributed by atoms with Crippen LogP contribution in [0.2, 0.25) is 5.02 Å². The summed E-state index contributed by atoms with van der Waals surface area (Å²) in [7, 11) is 1.46. The first-order chi connectivity index (χ1) is 15.7. The number of fused-ring (bicyclic) bond motifs is 2. The number of carbonyl (C=O) groups excluding carboxylic acids is 1. The fourth-order valence-corrected chi connectivity index (χ4v) is 5.93. The van der Waals surface area contributed by atoms with Crippen LogP contribution in [0, 0.1) is 19.8 Å². The number of rotatable bonds is 6. The maximum absolute atomic E-state index is 13.1. The van der Waals surface area contributed by atoms with Crippen LogP contribution in [0.25, 0.3) is 0 Å². The number of esters is 1. The van der Waals surface area contributed by atoms with E-state index in [0.29, 0.717) is 17.9 Å². The lowest BCUT2D eigenvalue weighted by atomic mass is 9.68. The highest BCUT2D eigenvalue weighted by Gasteiger charge is 2.53. The van der Waals surface area contributed by atoms with E-state index in [-0.39, 0.29) is 24.0 Å². The molecule has 1 aliphatic carbocycles. The summed E-state index contributed by atoms with van der Waals surface area (Å²) in [5, 5.41) is 14.0. The van der Waals surface area contributed by atoms with Crippen molar-refractivity contribution in [3.63, 3.8) is 0 Å². The average Bonchev–Trinajstić information content (AvgIpc) is 3.09. The number of aryl methyl sites for hydroxylation is 1. The number of aliphatic hydroxyl groups is 1. The van der Waals surface area contributed by atoms with E-state index in [1.807, 2.05) is 25.1 Å². The van der Waals surface area contributed by atoms with Crippen LogP contribution in [0.5, 0.6) is 0 Å². The molecule has 4 rings (SSSR count). The smallest absolute Gasteiger partial charge is 0.331 e. The molecule has 0 radical (unpaired) electrons. The summed E-state index contributed by atoms with van der Waals surface area (Å²) in [5.74, 6) is -0.0362. The zero-order valence-electron chi connectivity index (χ0n) is 20.1. The number of hydrogen-bond acceptors (Lipinski definition) is 5. The molecule has 1 spiro atoms. The van der Waals surface area contributed by atoms with Crippen molar-refractivity contribution in [3.05, 3.63) is 63.7 Å². The molecule has 0 aromatic heterocycles. The quantitative estimate of drug-likeness (QED) is 0.568. The predicted molar refractivity (Wildman–Crippen MR) is 133 cm³/mol. The highest BCUT2D eigenvalue weighted by atomic mass is 35.5. The van der Waals surface area contributed by atoms with Crippen LogP contribution in [-0.4, -0.2) is 41.8 Å². The number of carbonyl (C=O) groups is 1. The number of ether oxygens (including phenoxy) is 1. The molecule has 5 nitrogen and oxygen atoms in total. The third-order valence-electron chi connectivity index (χ3n) is 7.72. The van der Waals surface area contributed by atoms with E-state index in [1.54, 1.807) is 0 Å². The molecule has 2 aromatic rings. The van der Waals surface area contributed by atoms with Gasteiger partial charge >= 0.3 is 5.97 Å². The van der Waals surface area contributed by atoms with Gasteiger partial charge in [-0.3, -0.25) is 4.90 Å². The lowest BCUT2D eigenvalue weighted by Gasteiger charge is -2.49. The van der Waals surface area contributed by atoms with Gasteiger partial charge in [0.25, 0.3) is 0 Å². The minimum absolute atomic E-state index is 0.130. The van der Waals surface area contributed by atoms with Gasteiger partial charge in [-0.2, -0.15) is 0 Å². The highest BCUT2D eigenvalue weighted by molar-refractivity contribution is 6.31. The van der Waals surface area contributed by atoms with Crippen LogP contribution >= 0.6 is 11.6 Å². The van der Waals surface area contributed by atoms with Crippen molar-refractivity contribution in [1.29, 1.82) is 0 Å². The molecule has 2 aromatic carbocycles. The largest absolute Gasteiger partial charge is 0.467 e. The summed E-state index contributed by atoms with van der Waals surface area (Å²) >= 11 is 6.36. The molecule has 1 heterocycles. The third-order valence-corrected chi connectivity index (χ3v) is 8.13. The summed E-state index contributed by atoms with van der Waals surface area (Å²) < 4.78 is 5.30. The highest BCUT2D eigenvalue weighted by Crippen LogP contribution is 2.52. The van der Waals surface area contributed by atoms with Crippen molar-refractivity contribution in [2.75, 3.05) is 25.6 Å². The number of nitrogens with zero attached hydrogens (tertiary/aromatic N) is 1. The number of methoxy groups -OCH3 is 1. The van der Waals surface area contributed by atoms with Crippen molar-refractivity contribution in [2.24, 2.45) is 5.92 Å². The van der Waals surface area contributed by atoms with E-state index < -0.39 is 5.54 Å². The number of nitrogens with one attached hydrogen (secondary N) is 1. The summed E-state index contributed by atoms with van der Waals surface area (Å²) in [6.45, 7) is 8.07. The van der Waals surface area contributed by atoms with Gasteiger partial charge in [-0.1, -0.05) is 48.4 Å². The Kier molecular flexibility index (Phi) is 6.77. The summed E-state index contributed by atoms with van der Waals surface area (Å²) in [5.41, 5.74) is 4.88. The Morgan fingerprint density at radius 3 is 2.61 bits per heavy atom. The molecule has 0 bridgehead atoms. The number of anilines is 1. The number of benzene rings is 2. The summed E-state index contributed by atoms with van der Waals surface area (Å²) in [4.78, 5) is 15.7. The van der Waals surface area contributed by atoms with Gasteiger partial charge in [0.05, 0.1) is 7.11 Å². The molecular weight excluding hydrogens is 436 g/mol. The van der Waals surface area contributed by atoms with Gasteiger partial charge in [0.15, 0.2) is 0 Å². The van der Waals surface area contributed by atoms with Crippen molar-refractivity contribution in [1.82, 2.24) is 4.90 Å². The first-order valence-electron chi connectivity index (χ1n) is 11.8.